The van der Waals surface area contributed by atoms with Crippen molar-refractivity contribution in [2.45, 2.75) is 32.4 Å². The van der Waals surface area contributed by atoms with E-state index in [9.17, 15) is 14.0 Å². The first-order chi connectivity index (χ1) is 12.6. The summed E-state index contributed by atoms with van der Waals surface area (Å²) < 4.78 is 13.2. The topological polar surface area (TPSA) is 62.6 Å². The van der Waals surface area contributed by atoms with E-state index in [0.717, 1.165) is 15.3 Å². The fourth-order valence-corrected chi connectivity index (χ4v) is 3.52. The van der Waals surface area contributed by atoms with Gasteiger partial charge < -0.3 is 15.5 Å². The molecule has 2 rings (SSSR count). The summed E-state index contributed by atoms with van der Waals surface area (Å²) in [6.45, 7) is 6.13. The molecule has 0 radical (unpaired) electrons. The highest BCUT2D eigenvalue weighted by Crippen LogP contribution is 2.26. The predicted octanol–water partition coefficient (Wildman–Crippen LogP) is 1.52. The summed E-state index contributed by atoms with van der Waals surface area (Å²) in [5.41, 5.74) is 0.516. The summed E-state index contributed by atoms with van der Waals surface area (Å²) in [6, 6.07) is 9.63. The molecule has 0 fully saturated rings. The van der Waals surface area contributed by atoms with Crippen molar-refractivity contribution in [3.63, 3.8) is 0 Å². The fourth-order valence-electron chi connectivity index (χ4n) is 2.71. The van der Waals surface area contributed by atoms with Crippen LogP contribution in [0.15, 0.2) is 41.8 Å². The number of carbonyl (C=O) groups is 2. The average molecular weight is 393 g/mol. The number of likely N-dealkylation sites (N-methyl/N-ethyl adjacent to an activating group) is 1. The smallest absolute Gasteiger partial charge is 0.275 e. The van der Waals surface area contributed by atoms with Crippen molar-refractivity contribution in [1.29, 1.82) is 0 Å². The van der Waals surface area contributed by atoms with Gasteiger partial charge in [-0.1, -0.05) is 18.2 Å². The number of halogens is 1. The van der Waals surface area contributed by atoms with Crippen molar-refractivity contribution in [3.8, 4) is 0 Å². The molecule has 2 atom stereocenters. The van der Waals surface area contributed by atoms with Gasteiger partial charge in [0.25, 0.3) is 11.8 Å². The molecule has 0 aliphatic carbocycles. The molecule has 0 bridgehead atoms. The second kappa shape index (κ2) is 9.10. The van der Waals surface area contributed by atoms with Gasteiger partial charge in [-0.3, -0.25) is 9.59 Å². The monoisotopic (exact) mass is 392 g/mol. The second-order valence-corrected chi connectivity index (χ2v) is 8.66. The van der Waals surface area contributed by atoms with Crippen LogP contribution >= 0.6 is 11.3 Å². The van der Waals surface area contributed by atoms with E-state index in [2.05, 4.69) is 10.6 Å². The standard InChI is InChI=1S/C20H26FN3O2S/c1-20(2,3)23-18(26)13-24(4)12-17(25)22-19(16-6-5-11-27-16)14-7-9-15(21)10-8-14/h5-11,19H,12-13H2,1-4H3,(H,22,25)(H,23,26)/p+1/t19-/m0/s1. The Kier molecular flexibility index (Phi) is 7.10. The third-order valence-electron chi connectivity index (χ3n) is 3.78. The Labute approximate surface area is 163 Å². The van der Waals surface area contributed by atoms with Crippen LogP contribution in [0.3, 0.4) is 0 Å². The van der Waals surface area contributed by atoms with Crippen molar-refractivity contribution in [2.24, 2.45) is 0 Å². The van der Waals surface area contributed by atoms with Gasteiger partial charge >= 0.3 is 0 Å². The van der Waals surface area contributed by atoms with Crippen molar-refractivity contribution >= 4 is 23.2 Å². The highest BCUT2D eigenvalue weighted by Gasteiger charge is 2.22. The SMILES string of the molecule is C[NH+](CC(=O)N[C@@H](c1ccc(F)cc1)c1cccs1)CC(=O)NC(C)(C)C. The summed E-state index contributed by atoms with van der Waals surface area (Å²) >= 11 is 1.53. The molecular formula is C20H27FN3O2S+. The number of hydrogen-bond donors (Lipinski definition) is 3. The predicted molar refractivity (Wildman–Crippen MR) is 105 cm³/mol. The molecule has 1 aromatic carbocycles. The van der Waals surface area contributed by atoms with E-state index in [1.807, 2.05) is 38.3 Å². The van der Waals surface area contributed by atoms with E-state index in [-0.39, 0.29) is 42.3 Å². The lowest BCUT2D eigenvalue weighted by atomic mass is 10.1. The van der Waals surface area contributed by atoms with E-state index in [1.165, 1.54) is 23.5 Å². The van der Waals surface area contributed by atoms with Crippen LogP contribution in [0, 0.1) is 5.82 Å². The molecule has 7 heteroatoms. The Balaban J connectivity index is 2.00. The summed E-state index contributed by atoms with van der Waals surface area (Å²) in [6.07, 6.45) is 0. The molecule has 3 N–H and O–H groups in total. The molecule has 1 aromatic heterocycles. The number of hydrogen-bond acceptors (Lipinski definition) is 3. The molecule has 0 saturated carbocycles. The number of rotatable bonds is 7. The lowest BCUT2D eigenvalue weighted by Gasteiger charge is -2.22. The van der Waals surface area contributed by atoms with Crippen LogP contribution in [0.2, 0.25) is 0 Å². The maximum Gasteiger partial charge on any atom is 0.275 e. The first kappa shape index (κ1) is 21.1. The Morgan fingerprint density at radius 1 is 1.11 bits per heavy atom. The van der Waals surface area contributed by atoms with Gasteiger partial charge in [-0.2, -0.15) is 0 Å². The molecule has 2 amide bonds. The molecule has 1 heterocycles. The number of amides is 2. The zero-order valence-corrected chi connectivity index (χ0v) is 17.0. The lowest BCUT2D eigenvalue weighted by Crippen LogP contribution is -3.11. The number of carbonyl (C=O) groups excluding carboxylic acids is 2. The Morgan fingerprint density at radius 2 is 1.74 bits per heavy atom. The van der Waals surface area contributed by atoms with Crippen molar-refractivity contribution in [1.82, 2.24) is 10.6 Å². The molecule has 0 saturated heterocycles. The Bertz CT molecular complexity index is 755. The van der Waals surface area contributed by atoms with E-state index in [4.69, 9.17) is 0 Å². The van der Waals surface area contributed by atoms with Gasteiger partial charge in [0.15, 0.2) is 13.1 Å². The average Bonchev–Trinajstić information content (AvgIpc) is 3.05. The van der Waals surface area contributed by atoms with Crippen molar-refractivity contribution in [2.75, 3.05) is 20.1 Å². The normalized spacial score (nSPS) is 13.7. The molecule has 1 unspecified atom stereocenters. The summed E-state index contributed by atoms with van der Waals surface area (Å²) in [4.78, 5) is 26.3. The molecule has 27 heavy (non-hydrogen) atoms. The molecule has 0 spiro atoms. The minimum atomic E-state index is -0.339. The third kappa shape index (κ3) is 7.11. The maximum absolute atomic E-state index is 13.2. The zero-order chi connectivity index (χ0) is 20.0. The maximum atomic E-state index is 13.2. The Morgan fingerprint density at radius 3 is 2.30 bits per heavy atom. The third-order valence-corrected chi connectivity index (χ3v) is 4.71. The van der Waals surface area contributed by atoms with Crippen LogP contribution < -0.4 is 15.5 Å². The number of benzene rings is 1. The van der Waals surface area contributed by atoms with E-state index in [1.54, 1.807) is 19.2 Å². The van der Waals surface area contributed by atoms with E-state index in [0.29, 0.717) is 0 Å². The number of nitrogens with one attached hydrogen (secondary N) is 3. The van der Waals surface area contributed by atoms with Gasteiger partial charge in [-0.15, -0.1) is 11.3 Å². The quantitative estimate of drug-likeness (QED) is 0.669. The minimum absolute atomic E-state index is 0.0962. The van der Waals surface area contributed by atoms with Gasteiger partial charge in [0.2, 0.25) is 0 Å². The second-order valence-electron chi connectivity index (χ2n) is 7.68. The molecular weight excluding hydrogens is 365 g/mol. The molecule has 146 valence electrons. The van der Waals surface area contributed by atoms with Crippen LogP contribution in [0.4, 0.5) is 4.39 Å². The zero-order valence-electron chi connectivity index (χ0n) is 16.1. The first-order valence-corrected chi connectivity index (χ1v) is 9.72. The minimum Gasteiger partial charge on any atom is -0.347 e. The Hall–Kier alpha value is -2.25. The molecule has 0 aliphatic heterocycles. The summed E-state index contributed by atoms with van der Waals surface area (Å²) in [5.74, 6) is -0.580. The van der Waals surface area contributed by atoms with E-state index < -0.39 is 0 Å². The number of quaternary nitrogens is 1. The van der Waals surface area contributed by atoms with Crippen LogP contribution in [-0.2, 0) is 9.59 Å². The highest BCUT2D eigenvalue weighted by molar-refractivity contribution is 7.10. The van der Waals surface area contributed by atoms with Crippen LogP contribution in [0.5, 0.6) is 0 Å². The fraction of sp³-hybridized carbons (Fsp3) is 0.400. The molecule has 0 aliphatic rings. The van der Waals surface area contributed by atoms with Crippen LogP contribution in [-0.4, -0.2) is 37.5 Å². The van der Waals surface area contributed by atoms with Gasteiger partial charge in [-0.25, -0.2) is 4.39 Å². The van der Waals surface area contributed by atoms with Crippen LogP contribution in [0.1, 0.15) is 37.3 Å². The summed E-state index contributed by atoms with van der Waals surface area (Å²) in [7, 11) is 1.81. The van der Waals surface area contributed by atoms with Crippen LogP contribution in [0.25, 0.3) is 0 Å². The van der Waals surface area contributed by atoms with Gasteiger partial charge in [0.05, 0.1) is 13.1 Å². The molecule has 2 aromatic rings. The van der Waals surface area contributed by atoms with Gasteiger partial charge in [0.1, 0.15) is 5.82 Å². The largest absolute Gasteiger partial charge is 0.347 e. The lowest BCUT2D eigenvalue weighted by molar-refractivity contribution is -0.862. The molecule has 5 nitrogen and oxygen atoms in total. The van der Waals surface area contributed by atoms with Gasteiger partial charge in [-0.05, 0) is 49.9 Å². The highest BCUT2D eigenvalue weighted by atomic mass is 32.1. The number of thiophene rings is 1. The van der Waals surface area contributed by atoms with Crippen molar-refractivity contribution < 1.29 is 18.9 Å². The van der Waals surface area contributed by atoms with E-state index >= 15 is 0 Å². The first-order valence-electron chi connectivity index (χ1n) is 8.84. The van der Waals surface area contributed by atoms with Gasteiger partial charge in [0, 0.05) is 10.4 Å². The van der Waals surface area contributed by atoms with Crippen molar-refractivity contribution in [3.05, 3.63) is 58.0 Å². The summed E-state index contributed by atoms with van der Waals surface area (Å²) in [5, 5.41) is 7.83.